The number of guanidine groups is 1. The van der Waals surface area contributed by atoms with Crippen LogP contribution in [0.2, 0.25) is 0 Å². The molecule has 0 radical (unpaired) electrons. The Hall–Kier alpha value is -2.24. The molecule has 0 unspecified atom stereocenters. The summed E-state index contributed by atoms with van der Waals surface area (Å²) in [4.78, 5) is 20.6. The number of nitrogens with zero attached hydrogens (tertiary/aromatic N) is 3. The van der Waals surface area contributed by atoms with Gasteiger partial charge in [-0.2, -0.15) is 0 Å². The number of hydrogen-bond acceptors (Lipinski definition) is 3. The molecule has 1 saturated heterocycles. The lowest BCUT2D eigenvalue weighted by atomic mass is 9.89. The molecule has 0 spiro atoms. The SMILES string of the molecule is CN(C)C(=O)CN=C(NCC1CCCCC1)NC1CCN(c2ccccc2)CC1. The minimum absolute atomic E-state index is 0.0302. The standard InChI is InChI=1S/C23H37N5O/c1-27(2)22(29)18-25-23(24-17-19-9-5-3-6-10-19)26-20-13-15-28(16-14-20)21-11-7-4-8-12-21/h4,7-8,11-12,19-20H,3,5-6,9-10,13-18H2,1-2H3,(H2,24,25,26). The third kappa shape index (κ3) is 6.94. The van der Waals surface area contributed by atoms with Crippen LogP contribution >= 0.6 is 0 Å². The van der Waals surface area contributed by atoms with Crippen molar-refractivity contribution < 1.29 is 4.79 Å². The first-order valence-corrected chi connectivity index (χ1v) is 11.2. The highest BCUT2D eigenvalue weighted by Gasteiger charge is 2.21. The van der Waals surface area contributed by atoms with Crippen molar-refractivity contribution in [3.05, 3.63) is 30.3 Å². The van der Waals surface area contributed by atoms with E-state index >= 15 is 0 Å². The van der Waals surface area contributed by atoms with Gasteiger partial charge in [0.2, 0.25) is 5.91 Å². The second-order valence-corrected chi connectivity index (χ2v) is 8.58. The summed E-state index contributed by atoms with van der Waals surface area (Å²) in [6.45, 7) is 3.21. The van der Waals surface area contributed by atoms with Crippen molar-refractivity contribution >= 4 is 17.6 Å². The van der Waals surface area contributed by atoms with Crippen molar-refractivity contribution in [2.75, 3.05) is 45.2 Å². The molecule has 1 aliphatic carbocycles. The molecule has 6 heteroatoms. The van der Waals surface area contributed by atoms with Crippen LogP contribution in [0.25, 0.3) is 0 Å². The number of amides is 1. The first kappa shape index (κ1) is 21.5. The number of hydrogen-bond donors (Lipinski definition) is 2. The lowest BCUT2D eigenvalue weighted by molar-refractivity contribution is -0.127. The van der Waals surface area contributed by atoms with Crippen LogP contribution in [0.15, 0.2) is 35.3 Å². The smallest absolute Gasteiger partial charge is 0.243 e. The van der Waals surface area contributed by atoms with E-state index in [0.29, 0.717) is 6.04 Å². The second-order valence-electron chi connectivity index (χ2n) is 8.58. The Balaban J connectivity index is 1.52. The Bertz CT molecular complexity index is 646. The number of nitrogens with one attached hydrogen (secondary N) is 2. The van der Waals surface area contributed by atoms with E-state index in [-0.39, 0.29) is 12.5 Å². The number of para-hydroxylation sites is 1. The second kappa shape index (κ2) is 11.1. The summed E-state index contributed by atoms with van der Waals surface area (Å²) in [5.74, 6) is 1.55. The van der Waals surface area contributed by atoms with E-state index in [2.05, 4.69) is 50.9 Å². The van der Waals surface area contributed by atoms with Crippen molar-refractivity contribution in [1.82, 2.24) is 15.5 Å². The van der Waals surface area contributed by atoms with Gasteiger partial charge in [-0.3, -0.25) is 4.79 Å². The van der Waals surface area contributed by atoms with E-state index in [0.717, 1.165) is 44.4 Å². The van der Waals surface area contributed by atoms with Gasteiger partial charge in [-0.25, -0.2) is 4.99 Å². The van der Waals surface area contributed by atoms with Crippen molar-refractivity contribution in [3.63, 3.8) is 0 Å². The number of rotatable bonds is 6. The summed E-state index contributed by atoms with van der Waals surface area (Å²) < 4.78 is 0. The molecule has 0 bridgehead atoms. The normalized spacial score (nSPS) is 19.1. The van der Waals surface area contributed by atoms with E-state index in [1.54, 1.807) is 19.0 Å². The van der Waals surface area contributed by atoms with E-state index in [4.69, 9.17) is 0 Å². The lowest BCUT2D eigenvalue weighted by Gasteiger charge is -2.35. The van der Waals surface area contributed by atoms with Crippen LogP contribution in [0.4, 0.5) is 5.69 Å². The molecule has 1 saturated carbocycles. The molecule has 3 rings (SSSR count). The quantitative estimate of drug-likeness (QED) is 0.570. The van der Waals surface area contributed by atoms with E-state index in [1.807, 2.05) is 0 Å². The van der Waals surface area contributed by atoms with Gasteiger partial charge >= 0.3 is 0 Å². The van der Waals surface area contributed by atoms with Gasteiger partial charge in [-0.05, 0) is 43.7 Å². The molecule has 2 aliphatic rings. The number of anilines is 1. The Kier molecular flexibility index (Phi) is 8.20. The topological polar surface area (TPSA) is 60.0 Å². The number of piperidine rings is 1. The summed E-state index contributed by atoms with van der Waals surface area (Å²) in [7, 11) is 3.55. The molecule has 0 atom stereocenters. The van der Waals surface area contributed by atoms with Gasteiger partial charge in [-0.1, -0.05) is 37.5 Å². The van der Waals surface area contributed by atoms with Gasteiger partial charge in [0.05, 0.1) is 0 Å². The molecule has 2 N–H and O–H groups in total. The molecule has 1 aliphatic heterocycles. The van der Waals surface area contributed by atoms with Crippen LogP contribution < -0.4 is 15.5 Å². The zero-order chi connectivity index (χ0) is 20.5. The Morgan fingerprint density at radius 3 is 2.41 bits per heavy atom. The molecule has 29 heavy (non-hydrogen) atoms. The minimum Gasteiger partial charge on any atom is -0.371 e. The van der Waals surface area contributed by atoms with Crippen molar-refractivity contribution in [3.8, 4) is 0 Å². The minimum atomic E-state index is 0.0302. The fourth-order valence-electron chi connectivity index (χ4n) is 4.19. The van der Waals surface area contributed by atoms with Crippen LogP contribution in [0, 0.1) is 5.92 Å². The highest BCUT2D eigenvalue weighted by molar-refractivity contribution is 5.85. The molecule has 0 aromatic heterocycles. The van der Waals surface area contributed by atoms with Gasteiger partial charge in [0.1, 0.15) is 6.54 Å². The largest absolute Gasteiger partial charge is 0.371 e. The molecule has 160 valence electrons. The van der Waals surface area contributed by atoms with Gasteiger partial charge < -0.3 is 20.4 Å². The van der Waals surface area contributed by atoms with Gasteiger partial charge in [-0.15, -0.1) is 0 Å². The average Bonchev–Trinajstić information content (AvgIpc) is 2.77. The predicted molar refractivity (Wildman–Crippen MR) is 120 cm³/mol. The highest BCUT2D eigenvalue weighted by Crippen LogP contribution is 2.23. The third-order valence-electron chi connectivity index (χ3n) is 6.11. The van der Waals surface area contributed by atoms with Crippen molar-refractivity contribution in [2.24, 2.45) is 10.9 Å². The summed E-state index contributed by atoms with van der Waals surface area (Å²) in [5.41, 5.74) is 1.30. The summed E-state index contributed by atoms with van der Waals surface area (Å²) >= 11 is 0. The van der Waals surface area contributed by atoms with Gasteiger partial charge in [0.25, 0.3) is 0 Å². The molecule has 1 amide bonds. The molecule has 2 fully saturated rings. The monoisotopic (exact) mass is 399 g/mol. The zero-order valence-electron chi connectivity index (χ0n) is 18.1. The van der Waals surface area contributed by atoms with Gasteiger partial charge in [0.15, 0.2) is 5.96 Å². The first-order valence-electron chi connectivity index (χ1n) is 11.2. The fraction of sp³-hybridized carbons (Fsp3) is 0.652. The summed E-state index contributed by atoms with van der Waals surface area (Å²) in [5, 5.41) is 7.13. The van der Waals surface area contributed by atoms with Crippen LogP contribution in [0.3, 0.4) is 0 Å². The summed E-state index contributed by atoms with van der Waals surface area (Å²) in [6.07, 6.45) is 8.78. The molecule has 1 aromatic rings. The average molecular weight is 400 g/mol. The van der Waals surface area contributed by atoms with Crippen molar-refractivity contribution in [1.29, 1.82) is 0 Å². The predicted octanol–water partition coefficient (Wildman–Crippen LogP) is 2.86. The van der Waals surface area contributed by atoms with Crippen LogP contribution in [0.5, 0.6) is 0 Å². The van der Waals surface area contributed by atoms with E-state index < -0.39 is 0 Å². The molecule has 1 aromatic carbocycles. The maximum absolute atomic E-state index is 12.0. The molecular formula is C23H37N5O. The maximum Gasteiger partial charge on any atom is 0.243 e. The number of benzene rings is 1. The number of aliphatic imine (C=N–C) groups is 1. The first-order chi connectivity index (χ1) is 14.1. The number of carbonyl (C=O) groups is 1. The zero-order valence-corrected chi connectivity index (χ0v) is 18.1. The van der Waals surface area contributed by atoms with Gasteiger partial charge in [0, 0.05) is 45.5 Å². The Morgan fingerprint density at radius 2 is 1.76 bits per heavy atom. The van der Waals surface area contributed by atoms with Crippen LogP contribution in [-0.4, -0.2) is 63.1 Å². The lowest BCUT2D eigenvalue weighted by Crippen LogP contribution is -2.50. The van der Waals surface area contributed by atoms with E-state index in [1.165, 1.54) is 37.8 Å². The third-order valence-corrected chi connectivity index (χ3v) is 6.11. The molecular weight excluding hydrogens is 362 g/mol. The molecule has 1 heterocycles. The fourth-order valence-corrected chi connectivity index (χ4v) is 4.19. The Morgan fingerprint density at radius 1 is 1.07 bits per heavy atom. The molecule has 6 nitrogen and oxygen atoms in total. The number of likely N-dealkylation sites (N-methyl/N-ethyl adjacent to an activating group) is 1. The van der Waals surface area contributed by atoms with Crippen LogP contribution in [0.1, 0.15) is 44.9 Å². The van der Waals surface area contributed by atoms with E-state index in [9.17, 15) is 4.79 Å². The Labute approximate surface area is 175 Å². The highest BCUT2D eigenvalue weighted by atomic mass is 16.2. The summed E-state index contributed by atoms with van der Waals surface area (Å²) in [6, 6.07) is 11.0. The number of carbonyl (C=O) groups excluding carboxylic acids is 1. The van der Waals surface area contributed by atoms with Crippen molar-refractivity contribution in [2.45, 2.75) is 51.0 Å². The maximum atomic E-state index is 12.0. The van der Waals surface area contributed by atoms with Crippen LogP contribution in [-0.2, 0) is 4.79 Å².